The van der Waals surface area contributed by atoms with Gasteiger partial charge in [0.1, 0.15) is 0 Å². The van der Waals surface area contributed by atoms with Gasteiger partial charge in [-0.05, 0) is 23.8 Å². The molecule has 0 bridgehead atoms. The molecule has 0 N–H and O–H groups in total. The molecule has 4 heteroatoms. The molecule has 15 heavy (non-hydrogen) atoms. The van der Waals surface area contributed by atoms with Gasteiger partial charge in [0, 0.05) is 29.1 Å². The maximum Gasteiger partial charge on any atom is 0.251 e. The number of aromatic nitrogens is 2. The topological polar surface area (TPSA) is 34.9 Å². The first-order valence-corrected chi connectivity index (χ1v) is 5.30. The smallest absolute Gasteiger partial charge is 0.251 e. The normalized spacial score (nSPS) is 10.2. The van der Waals surface area contributed by atoms with Crippen LogP contribution in [0.25, 0.3) is 0 Å². The summed E-state index contributed by atoms with van der Waals surface area (Å²) in [4.78, 5) is 15.5. The molecule has 0 aliphatic carbocycles. The minimum absolute atomic E-state index is 0.0128. The molecule has 76 valence electrons. The first-order chi connectivity index (χ1) is 7.25. The summed E-state index contributed by atoms with van der Waals surface area (Å²) in [5, 5.41) is 0. The number of hydrogen-bond donors (Lipinski definition) is 0. The number of pyridine rings is 2. The molecular formula is C11H9BrN2O. The SMILES string of the molecule is O=c1cc(Br)ccn1Cc1ccncc1. The van der Waals surface area contributed by atoms with Crippen LogP contribution in [0.2, 0.25) is 0 Å². The number of rotatable bonds is 2. The Hall–Kier alpha value is -1.42. The Bertz CT molecular complexity index is 507. The van der Waals surface area contributed by atoms with E-state index in [-0.39, 0.29) is 5.56 Å². The van der Waals surface area contributed by atoms with Crippen LogP contribution in [0, 0.1) is 0 Å². The minimum Gasteiger partial charge on any atom is -0.311 e. The van der Waals surface area contributed by atoms with Crippen molar-refractivity contribution in [1.29, 1.82) is 0 Å². The van der Waals surface area contributed by atoms with E-state index in [1.54, 1.807) is 29.2 Å². The summed E-state index contributed by atoms with van der Waals surface area (Å²) in [6, 6.07) is 7.20. The van der Waals surface area contributed by atoms with Crippen molar-refractivity contribution in [3.05, 3.63) is 63.2 Å². The molecule has 2 heterocycles. The van der Waals surface area contributed by atoms with Crippen molar-refractivity contribution in [2.24, 2.45) is 0 Å². The zero-order valence-corrected chi connectivity index (χ0v) is 9.52. The van der Waals surface area contributed by atoms with E-state index in [9.17, 15) is 4.79 Å². The first kappa shape index (κ1) is 10.1. The highest BCUT2D eigenvalue weighted by Crippen LogP contribution is 2.05. The quantitative estimate of drug-likeness (QED) is 0.833. The fraction of sp³-hybridized carbons (Fsp3) is 0.0909. The van der Waals surface area contributed by atoms with Crippen molar-refractivity contribution in [2.45, 2.75) is 6.54 Å². The molecule has 0 radical (unpaired) electrons. The fourth-order valence-corrected chi connectivity index (χ4v) is 1.61. The summed E-state index contributed by atoms with van der Waals surface area (Å²) in [5.41, 5.74) is 1.05. The molecule has 0 amide bonds. The van der Waals surface area contributed by atoms with E-state index >= 15 is 0 Å². The Morgan fingerprint density at radius 1 is 1.27 bits per heavy atom. The standard InChI is InChI=1S/C11H9BrN2O/c12-10-3-6-14(11(15)7-10)8-9-1-4-13-5-2-9/h1-7H,8H2. The summed E-state index contributed by atoms with van der Waals surface area (Å²) in [6.45, 7) is 0.578. The Morgan fingerprint density at radius 2 is 2.00 bits per heavy atom. The Balaban J connectivity index is 2.29. The molecule has 3 nitrogen and oxygen atoms in total. The fourth-order valence-electron chi connectivity index (χ4n) is 1.30. The van der Waals surface area contributed by atoms with Gasteiger partial charge >= 0.3 is 0 Å². The van der Waals surface area contributed by atoms with Crippen molar-refractivity contribution in [1.82, 2.24) is 9.55 Å². The van der Waals surface area contributed by atoms with Gasteiger partial charge in [-0.3, -0.25) is 9.78 Å². The van der Waals surface area contributed by atoms with E-state index in [4.69, 9.17) is 0 Å². The predicted molar refractivity (Wildman–Crippen MR) is 61.7 cm³/mol. The van der Waals surface area contributed by atoms with Gasteiger partial charge in [-0.25, -0.2) is 0 Å². The van der Waals surface area contributed by atoms with Crippen LogP contribution in [0.1, 0.15) is 5.56 Å². The molecule has 2 aromatic heterocycles. The minimum atomic E-state index is -0.0128. The van der Waals surface area contributed by atoms with E-state index < -0.39 is 0 Å². The molecule has 0 fully saturated rings. The summed E-state index contributed by atoms with van der Waals surface area (Å²) in [6.07, 6.45) is 5.21. The highest BCUT2D eigenvalue weighted by atomic mass is 79.9. The third kappa shape index (κ3) is 2.53. The van der Waals surface area contributed by atoms with Crippen molar-refractivity contribution in [2.75, 3.05) is 0 Å². The molecular weight excluding hydrogens is 256 g/mol. The first-order valence-electron chi connectivity index (χ1n) is 4.50. The van der Waals surface area contributed by atoms with Gasteiger partial charge in [0.2, 0.25) is 0 Å². The van der Waals surface area contributed by atoms with Gasteiger partial charge in [-0.15, -0.1) is 0 Å². The van der Waals surface area contributed by atoms with Crippen LogP contribution in [0.5, 0.6) is 0 Å². The molecule has 0 aliphatic rings. The van der Waals surface area contributed by atoms with Crippen LogP contribution < -0.4 is 5.56 Å². The second kappa shape index (κ2) is 4.40. The van der Waals surface area contributed by atoms with Gasteiger partial charge in [0.05, 0.1) is 6.54 Å². The molecule has 0 spiro atoms. The third-order valence-electron chi connectivity index (χ3n) is 2.06. The number of nitrogens with zero attached hydrogens (tertiary/aromatic N) is 2. The average Bonchev–Trinajstić information content (AvgIpc) is 2.24. The van der Waals surface area contributed by atoms with Crippen LogP contribution in [0.15, 0.2) is 52.1 Å². The van der Waals surface area contributed by atoms with Crippen molar-refractivity contribution >= 4 is 15.9 Å². The third-order valence-corrected chi connectivity index (χ3v) is 2.55. The lowest BCUT2D eigenvalue weighted by molar-refractivity contribution is 0.757. The lowest BCUT2D eigenvalue weighted by atomic mass is 10.2. The molecule has 0 saturated carbocycles. The van der Waals surface area contributed by atoms with E-state index in [1.165, 1.54) is 0 Å². The molecule has 2 rings (SSSR count). The zero-order chi connectivity index (χ0) is 10.7. The number of hydrogen-bond acceptors (Lipinski definition) is 2. The van der Waals surface area contributed by atoms with Crippen molar-refractivity contribution < 1.29 is 0 Å². The van der Waals surface area contributed by atoms with Crippen LogP contribution in [0.3, 0.4) is 0 Å². The van der Waals surface area contributed by atoms with Crippen LogP contribution in [0.4, 0.5) is 0 Å². The summed E-state index contributed by atoms with van der Waals surface area (Å²) in [5.74, 6) is 0. The number of halogens is 1. The molecule has 0 saturated heterocycles. The molecule has 2 aromatic rings. The molecule has 0 aromatic carbocycles. The Labute approximate surface area is 95.5 Å². The summed E-state index contributed by atoms with van der Waals surface area (Å²) >= 11 is 3.26. The van der Waals surface area contributed by atoms with Gasteiger partial charge in [0.25, 0.3) is 5.56 Å². The predicted octanol–water partition coefficient (Wildman–Crippen LogP) is 2.05. The van der Waals surface area contributed by atoms with Gasteiger partial charge in [0.15, 0.2) is 0 Å². The highest BCUT2D eigenvalue weighted by Gasteiger charge is 1.97. The molecule has 0 atom stereocenters. The summed E-state index contributed by atoms with van der Waals surface area (Å²) in [7, 11) is 0. The maximum atomic E-state index is 11.6. The molecule has 0 unspecified atom stereocenters. The summed E-state index contributed by atoms with van der Waals surface area (Å²) < 4.78 is 2.46. The second-order valence-electron chi connectivity index (χ2n) is 3.17. The Morgan fingerprint density at radius 3 is 2.67 bits per heavy atom. The van der Waals surface area contributed by atoms with E-state index in [2.05, 4.69) is 20.9 Å². The monoisotopic (exact) mass is 264 g/mol. The lowest BCUT2D eigenvalue weighted by Gasteiger charge is -2.04. The highest BCUT2D eigenvalue weighted by molar-refractivity contribution is 9.10. The van der Waals surface area contributed by atoms with Crippen LogP contribution in [-0.2, 0) is 6.54 Å². The second-order valence-corrected chi connectivity index (χ2v) is 4.08. The lowest BCUT2D eigenvalue weighted by Crippen LogP contribution is -2.18. The van der Waals surface area contributed by atoms with Gasteiger partial charge in [-0.1, -0.05) is 15.9 Å². The van der Waals surface area contributed by atoms with Gasteiger partial charge in [-0.2, -0.15) is 0 Å². The van der Waals surface area contributed by atoms with E-state index in [1.807, 2.05) is 18.2 Å². The van der Waals surface area contributed by atoms with E-state index in [0.29, 0.717) is 6.54 Å². The Kier molecular flexibility index (Phi) is 2.97. The van der Waals surface area contributed by atoms with Crippen LogP contribution >= 0.6 is 15.9 Å². The zero-order valence-electron chi connectivity index (χ0n) is 7.93. The van der Waals surface area contributed by atoms with Crippen molar-refractivity contribution in [3.63, 3.8) is 0 Å². The maximum absolute atomic E-state index is 11.6. The largest absolute Gasteiger partial charge is 0.311 e. The van der Waals surface area contributed by atoms with Crippen molar-refractivity contribution in [3.8, 4) is 0 Å². The molecule has 0 aliphatic heterocycles. The van der Waals surface area contributed by atoms with E-state index in [0.717, 1.165) is 10.0 Å². The van der Waals surface area contributed by atoms with Gasteiger partial charge < -0.3 is 4.57 Å². The van der Waals surface area contributed by atoms with Crippen LogP contribution in [-0.4, -0.2) is 9.55 Å². The average molecular weight is 265 g/mol.